The molecule has 92 valence electrons. The van der Waals surface area contributed by atoms with Crippen molar-refractivity contribution in [3.63, 3.8) is 0 Å². The van der Waals surface area contributed by atoms with Gasteiger partial charge in [0.25, 0.3) is 0 Å². The van der Waals surface area contributed by atoms with Gasteiger partial charge in [-0.25, -0.2) is 0 Å². The topological polar surface area (TPSA) is 29.1 Å². The maximum Gasteiger partial charge on any atom is 0.418 e. The molecule has 1 N–H and O–H groups in total. The van der Waals surface area contributed by atoms with Crippen molar-refractivity contribution in [1.82, 2.24) is 0 Å². The Bertz CT molecular complexity index is 482. The van der Waals surface area contributed by atoms with E-state index in [9.17, 15) is 18.0 Å². The molecule has 0 saturated carbocycles. The fraction of sp³-hybridized carbons (Fsp3) is 0.364. The van der Waals surface area contributed by atoms with Crippen molar-refractivity contribution in [2.45, 2.75) is 29.7 Å². The summed E-state index contributed by atoms with van der Waals surface area (Å²) in [5.41, 5.74) is -0.930. The first-order valence-corrected chi connectivity index (χ1v) is 5.74. The molecule has 0 radical (unpaired) electrons. The van der Waals surface area contributed by atoms with Gasteiger partial charge in [0.05, 0.1) is 16.0 Å². The lowest BCUT2D eigenvalue weighted by atomic mass is 10.1. The highest BCUT2D eigenvalue weighted by molar-refractivity contribution is 8.01. The Morgan fingerprint density at radius 1 is 1.29 bits per heavy atom. The van der Waals surface area contributed by atoms with E-state index in [1.54, 1.807) is 19.9 Å². The number of rotatable bonds is 0. The molecule has 17 heavy (non-hydrogen) atoms. The number of carbonyl (C=O) groups excluding carboxylic acids is 1. The number of para-hydroxylation sites is 1. The number of anilines is 1. The Labute approximate surface area is 101 Å². The highest BCUT2D eigenvalue weighted by atomic mass is 32.2. The minimum atomic E-state index is -4.46. The van der Waals surface area contributed by atoms with Gasteiger partial charge in [0.2, 0.25) is 5.91 Å². The van der Waals surface area contributed by atoms with Crippen LogP contribution in [-0.4, -0.2) is 10.7 Å². The zero-order valence-electron chi connectivity index (χ0n) is 9.18. The van der Waals surface area contributed by atoms with E-state index in [1.165, 1.54) is 6.07 Å². The minimum absolute atomic E-state index is 0.130. The fourth-order valence-electron chi connectivity index (χ4n) is 1.57. The van der Waals surface area contributed by atoms with E-state index in [2.05, 4.69) is 5.32 Å². The van der Waals surface area contributed by atoms with Gasteiger partial charge in [0.15, 0.2) is 0 Å². The van der Waals surface area contributed by atoms with Gasteiger partial charge in [-0.05, 0) is 26.0 Å². The molecular weight excluding hydrogens is 251 g/mol. The molecule has 2 nitrogen and oxygen atoms in total. The van der Waals surface area contributed by atoms with E-state index in [1.807, 2.05) is 0 Å². The maximum absolute atomic E-state index is 12.7. The SMILES string of the molecule is CC1(C)Sc2cccc(C(F)(F)F)c2NC1=O. The van der Waals surface area contributed by atoms with Gasteiger partial charge < -0.3 is 5.32 Å². The van der Waals surface area contributed by atoms with Crippen LogP contribution in [0.1, 0.15) is 19.4 Å². The van der Waals surface area contributed by atoms with Crippen molar-refractivity contribution in [2.24, 2.45) is 0 Å². The van der Waals surface area contributed by atoms with Crippen molar-refractivity contribution in [1.29, 1.82) is 0 Å². The number of amides is 1. The van der Waals surface area contributed by atoms with Gasteiger partial charge in [-0.2, -0.15) is 13.2 Å². The average molecular weight is 261 g/mol. The van der Waals surface area contributed by atoms with Crippen LogP contribution in [0.5, 0.6) is 0 Å². The number of carbonyl (C=O) groups is 1. The Balaban J connectivity index is 2.55. The summed E-state index contributed by atoms with van der Waals surface area (Å²) in [4.78, 5) is 12.1. The summed E-state index contributed by atoms with van der Waals surface area (Å²) >= 11 is 1.14. The molecule has 1 aromatic carbocycles. The van der Waals surface area contributed by atoms with Crippen molar-refractivity contribution < 1.29 is 18.0 Å². The molecular formula is C11H10F3NOS. The van der Waals surface area contributed by atoms with Crippen LogP contribution < -0.4 is 5.32 Å². The summed E-state index contributed by atoms with van der Waals surface area (Å²) in [5.74, 6) is -0.410. The Morgan fingerprint density at radius 2 is 1.94 bits per heavy atom. The van der Waals surface area contributed by atoms with Crippen LogP contribution in [0.25, 0.3) is 0 Å². The molecule has 0 saturated heterocycles. The zero-order chi connectivity index (χ0) is 12.8. The molecule has 2 rings (SSSR count). The zero-order valence-corrected chi connectivity index (χ0v) is 10.00. The first kappa shape index (κ1) is 12.3. The van der Waals surface area contributed by atoms with Crippen LogP contribution >= 0.6 is 11.8 Å². The fourth-order valence-corrected chi connectivity index (χ4v) is 2.67. The summed E-state index contributed by atoms with van der Waals surface area (Å²) in [7, 11) is 0. The molecule has 1 amide bonds. The third-order valence-corrected chi connectivity index (χ3v) is 3.74. The molecule has 1 heterocycles. The van der Waals surface area contributed by atoms with Gasteiger partial charge in [-0.3, -0.25) is 4.79 Å². The van der Waals surface area contributed by atoms with E-state index < -0.39 is 22.4 Å². The van der Waals surface area contributed by atoms with Gasteiger partial charge >= 0.3 is 6.18 Å². The smallest absolute Gasteiger partial charge is 0.323 e. The molecule has 0 spiro atoms. The van der Waals surface area contributed by atoms with Gasteiger partial charge in [-0.1, -0.05) is 6.07 Å². The van der Waals surface area contributed by atoms with Crippen molar-refractivity contribution in [3.8, 4) is 0 Å². The van der Waals surface area contributed by atoms with Crippen LogP contribution in [0.3, 0.4) is 0 Å². The first-order chi connectivity index (χ1) is 7.72. The highest BCUT2D eigenvalue weighted by Crippen LogP contribution is 2.47. The summed E-state index contributed by atoms with van der Waals surface area (Å²) < 4.78 is 37.5. The van der Waals surface area contributed by atoms with E-state index in [0.717, 1.165) is 17.8 Å². The molecule has 0 bridgehead atoms. The van der Waals surface area contributed by atoms with E-state index >= 15 is 0 Å². The summed E-state index contributed by atoms with van der Waals surface area (Å²) in [6.07, 6.45) is -4.46. The lowest BCUT2D eigenvalue weighted by Crippen LogP contribution is -2.37. The molecule has 1 aliphatic rings. The standard InChI is InChI=1S/C11H10F3NOS/c1-10(2)9(16)15-8-6(11(12,13)14)4-3-5-7(8)17-10/h3-5H,1-2H3,(H,15,16). The minimum Gasteiger partial charge on any atom is -0.323 e. The molecule has 0 unspecified atom stereocenters. The molecule has 6 heteroatoms. The van der Waals surface area contributed by atoms with Crippen molar-refractivity contribution in [3.05, 3.63) is 23.8 Å². The lowest BCUT2D eigenvalue weighted by Gasteiger charge is -2.31. The monoisotopic (exact) mass is 261 g/mol. The highest BCUT2D eigenvalue weighted by Gasteiger charge is 2.40. The number of nitrogens with one attached hydrogen (secondary N) is 1. The largest absolute Gasteiger partial charge is 0.418 e. The quantitative estimate of drug-likeness (QED) is 0.774. The lowest BCUT2D eigenvalue weighted by molar-refractivity contribution is -0.137. The third-order valence-electron chi connectivity index (χ3n) is 2.48. The number of halogens is 3. The maximum atomic E-state index is 12.7. The summed E-state index contributed by atoms with van der Waals surface area (Å²) in [6.45, 7) is 3.35. The van der Waals surface area contributed by atoms with E-state index in [0.29, 0.717) is 4.90 Å². The van der Waals surface area contributed by atoms with Crippen LogP contribution in [0.15, 0.2) is 23.1 Å². The van der Waals surface area contributed by atoms with Crippen LogP contribution in [0.2, 0.25) is 0 Å². The second kappa shape index (κ2) is 3.66. The van der Waals surface area contributed by atoms with Crippen LogP contribution in [0.4, 0.5) is 18.9 Å². The van der Waals surface area contributed by atoms with E-state index in [-0.39, 0.29) is 5.69 Å². The van der Waals surface area contributed by atoms with Crippen molar-refractivity contribution >= 4 is 23.4 Å². The number of hydrogen-bond acceptors (Lipinski definition) is 2. The summed E-state index contributed by atoms with van der Waals surface area (Å²) in [6, 6.07) is 3.90. The van der Waals surface area contributed by atoms with Crippen LogP contribution in [0, 0.1) is 0 Å². The normalized spacial score (nSPS) is 18.5. The molecule has 1 aromatic rings. The second-order valence-electron chi connectivity index (χ2n) is 4.24. The first-order valence-electron chi connectivity index (χ1n) is 4.92. The molecule has 0 atom stereocenters. The number of alkyl halides is 3. The molecule has 0 fully saturated rings. The third kappa shape index (κ3) is 2.13. The Hall–Kier alpha value is -1.17. The van der Waals surface area contributed by atoms with Gasteiger partial charge in [0.1, 0.15) is 0 Å². The Kier molecular flexibility index (Phi) is 2.65. The summed E-state index contributed by atoms with van der Waals surface area (Å²) in [5, 5.41) is 2.35. The van der Waals surface area contributed by atoms with Crippen molar-refractivity contribution in [2.75, 3.05) is 5.32 Å². The number of fused-ring (bicyclic) bond motifs is 1. The number of benzene rings is 1. The molecule has 0 aromatic heterocycles. The van der Waals surface area contributed by atoms with Gasteiger partial charge in [-0.15, -0.1) is 11.8 Å². The number of thioether (sulfide) groups is 1. The number of hydrogen-bond donors (Lipinski definition) is 1. The predicted octanol–water partition coefficient (Wildman–Crippen LogP) is 3.53. The van der Waals surface area contributed by atoms with Crippen LogP contribution in [-0.2, 0) is 11.0 Å². The van der Waals surface area contributed by atoms with Gasteiger partial charge in [0, 0.05) is 4.90 Å². The Morgan fingerprint density at radius 3 is 2.53 bits per heavy atom. The second-order valence-corrected chi connectivity index (χ2v) is 5.91. The molecule has 1 aliphatic heterocycles. The predicted molar refractivity (Wildman–Crippen MR) is 60.0 cm³/mol. The average Bonchev–Trinajstić information content (AvgIpc) is 2.16. The van der Waals surface area contributed by atoms with E-state index in [4.69, 9.17) is 0 Å². The molecule has 0 aliphatic carbocycles.